The van der Waals surface area contributed by atoms with Crippen molar-refractivity contribution in [3.63, 3.8) is 0 Å². The first-order valence-electron chi connectivity index (χ1n) is 9.87. The molecule has 1 aliphatic heterocycles. The van der Waals surface area contributed by atoms with Crippen molar-refractivity contribution < 1.29 is 24.1 Å². The number of halogens is 1. The number of rotatable bonds is 7. The van der Waals surface area contributed by atoms with Crippen molar-refractivity contribution in [2.45, 2.75) is 43.7 Å². The third kappa shape index (κ3) is 4.60. The topological polar surface area (TPSA) is 70.0 Å². The number of methoxy groups -OCH3 is 1. The summed E-state index contributed by atoms with van der Waals surface area (Å²) in [5.41, 5.74) is 1.21. The van der Waals surface area contributed by atoms with E-state index in [2.05, 4.69) is 0 Å². The van der Waals surface area contributed by atoms with Crippen LogP contribution < -0.4 is 4.74 Å². The Bertz CT molecular complexity index is 824. The molecule has 3 atom stereocenters. The van der Waals surface area contributed by atoms with E-state index < -0.39 is 11.5 Å². The van der Waals surface area contributed by atoms with Gasteiger partial charge in [0.2, 0.25) is 5.91 Å². The Balaban J connectivity index is 1.83. The Morgan fingerprint density at radius 3 is 2.38 bits per heavy atom. The lowest BCUT2D eigenvalue weighted by atomic mass is 9.68. The highest BCUT2D eigenvalue weighted by Gasteiger charge is 2.42. The molecule has 2 N–H and O–H groups in total. The predicted molar refractivity (Wildman–Crippen MR) is 108 cm³/mol. The van der Waals surface area contributed by atoms with Crippen LogP contribution in [0.4, 0.5) is 4.39 Å². The predicted octanol–water partition coefficient (Wildman–Crippen LogP) is 3.20. The molecule has 5 nitrogen and oxygen atoms in total. The second kappa shape index (κ2) is 8.93. The first kappa shape index (κ1) is 21.3. The molecule has 1 aliphatic rings. The third-order valence-electron chi connectivity index (χ3n) is 6.00. The van der Waals surface area contributed by atoms with Gasteiger partial charge >= 0.3 is 0 Å². The fourth-order valence-corrected chi connectivity index (χ4v) is 4.27. The zero-order valence-corrected chi connectivity index (χ0v) is 16.8. The first-order valence-corrected chi connectivity index (χ1v) is 9.87. The van der Waals surface area contributed by atoms with E-state index in [1.807, 2.05) is 36.1 Å². The van der Waals surface area contributed by atoms with Gasteiger partial charge in [0.15, 0.2) is 0 Å². The van der Waals surface area contributed by atoms with Gasteiger partial charge in [0.1, 0.15) is 11.6 Å². The Morgan fingerprint density at radius 1 is 1.17 bits per heavy atom. The van der Waals surface area contributed by atoms with Crippen molar-refractivity contribution in [3.8, 4) is 5.75 Å². The molecule has 29 heavy (non-hydrogen) atoms. The summed E-state index contributed by atoms with van der Waals surface area (Å²) < 4.78 is 18.6. The number of carbonyl (C=O) groups is 1. The summed E-state index contributed by atoms with van der Waals surface area (Å²) >= 11 is 0. The lowest BCUT2D eigenvalue weighted by Crippen LogP contribution is -2.48. The molecule has 0 saturated carbocycles. The average Bonchev–Trinajstić information content (AvgIpc) is 2.73. The Labute approximate surface area is 170 Å². The van der Waals surface area contributed by atoms with Gasteiger partial charge in [-0.2, -0.15) is 0 Å². The number of likely N-dealkylation sites (tertiary alicyclic amines) is 1. The van der Waals surface area contributed by atoms with Gasteiger partial charge < -0.3 is 19.8 Å². The second-order valence-electron chi connectivity index (χ2n) is 7.79. The van der Waals surface area contributed by atoms with Crippen LogP contribution in [0.3, 0.4) is 0 Å². The Morgan fingerprint density at radius 2 is 1.83 bits per heavy atom. The number of amides is 1. The number of piperidine rings is 1. The van der Waals surface area contributed by atoms with Crippen LogP contribution in [0, 0.1) is 5.82 Å². The highest BCUT2D eigenvalue weighted by atomic mass is 19.1. The summed E-state index contributed by atoms with van der Waals surface area (Å²) in [6, 6.07) is 13.7. The van der Waals surface area contributed by atoms with Crippen molar-refractivity contribution in [3.05, 3.63) is 65.5 Å². The normalized spacial score (nSPS) is 21.7. The van der Waals surface area contributed by atoms with Gasteiger partial charge in [-0.3, -0.25) is 4.79 Å². The molecular formula is C23H28FNO4. The molecule has 2 aromatic carbocycles. The number of aliphatic hydroxyl groups is 2. The van der Waals surface area contributed by atoms with Gasteiger partial charge in [0.25, 0.3) is 0 Å². The molecule has 0 spiro atoms. The molecular weight excluding hydrogens is 373 g/mol. The molecule has 2 aromatic rings. The van der Waals surface area contributed by atoms with Gasteiger partial charge in [0.05, 0.1) is 25.9 Å². The molecule has 0 bridgehead atoms. The Kier molecular flexibility index (Phi) is 6.55. The Hall–Kier alpha value is -2.44. The third-order valence-corrected chi connectivity index (χ3v) is 6.00. The van der Waals surface area contributed by atoms with E-state index in [4.69, 9.17) is 4.74 Å². The fraction of sp³-hybridized carbons (Fsp3) is 0.435. The minimum Gasteiger partial charge on any atom is -0.497 e. The SMILES string of the molecule is COc1ccc([C@H](C)N2CC[C@](C[C@H](O)CO)(c3ccc(F)cc3)CC2=O)cc1. The van der Waals surface area contributed by atoms with Crippen LogP contribution in [0.25, 0.3) is 0 Å². The monoisotopic (exact) mass is 401 g/mol. The van der Waals surface area contributed by atoms with E-state index in [9.17, 15) is 19.4 Å². The molecule has 1 saturated heterocycles. The van der Waals surface area contributed by atoms with Crippen LogP contribution in [-0.2, 0) is 10.2 Å². The molecule has 0 unspecified atom stereocenters. The van der Waals surface area contributed by atoms with E-state index >= 15 is 0 Å². The largest absolute Gasteiger partial charge is 0.497 e. The first-order chi connectivity index (χ1) is 13.9. The lowest BCUT2D eigenvalue weighted by Gasteiger charge is -2.44. The summed E-state index contributed by atoms with van der Waals surface area (Å²) in [6.07, 6.45) is 0.155. The summed E-state index contributed by atoms with van der Waals surface area (Å²) in [7, 11) is 1.61. The average molecular weight is 401 g/mol. The number of nitrogens with zero attached hydrogens (tertiary/aromatic N) is 1. The molecule has 0 aliphatic carbocycles. The number of hydrogen-bond acceptors (Lipinski definition) is 4. The number of benzene rings is 2. The molecule has 6 heteroatoms. The molecule has 1 amide bonds. The van der Waals surface area contributed by atoms with Crippen molar-refractivity contribution in [1.29, 1.82) is 0 Å². The summed E-state index contributed by atoms with van der Waals surface area (Å²) in [4.78, 5) is 15.0. The van der Waals surface area contributed by atoms with E-state index in [-0.39, 0.29) is 37.2 Å². The minimum absolute atomic E-state index is 0.0194. The molecule has 3 rings (SSSR count). The van der Waals surface area contributed by atoms with Crippen molar-refractivity contribution in [2.24, 2.45) is 0 Å². The van der Waals surface area contributed by atoms with E-state index in [0.717, 1.165) is 16.9 Å². The lowest BCUT2D eigenvalue weighted by molar-refractivity contribution is -0.139. The number of hydrogen-bond donors (Lipinski definition) is 2. The summed E-state index contributed by atoms with van der Waals surface area (Å²) in [6.45, 7) is 2.14. The van der Waals surface area contributed by atoms with Crippen molar-refractivity contribution in [2.75, 3.05) is 20.3 Å². The van der Waals surface area contributed by atoms with E-state index in [0.29, 0.717) is 13.0 Å². The van der Waals surface area contributed by atoms with Crippen LogP contribution in [0.5, 0.6) is 5.75 Å². The van der Waals surface area contributed by atoms with Crippen LogP contribution in [0.1, 0.15) is 43.4 Å². The maximum absolute atomic E-state index is 13.4. The highest BCUT2D eigenvalue weighted by Crippen LogP contribution is 2.42. The smallest absolute Gasteiger partial charge is 0.223 e. The van der Waals surface area contributed by atoms with Gasteiger partial charge in [0, 0.05) is 18.4 Å². The molecule has 1 fully saturated rings. The van der Waals surface area contributed by atoms with Gasteiger partial charge in [-0.05, 0) is 55.2 Å². The molecule has 156 valence electrons. The van der Waals surface area contributed by atoms with Crippen molar-refractivity contribution >= 4 is 5.91 Å². The van der Waals surface area contributed by atoms with Gasteiger partial charge in [-0.25, -0.2) is 4.39 Å². The maximum Gasteiger partial charge on any atom is 0.223 e. The molecule has 0 radical (unpaired) electrons. The second-order valence-corrected chi connectivity index (χ2v) is 7.79. The quantitative estimate of drug-likeness (QED) is 0.748. The van der Waals surface area contributed by atoms with Crippen molar-refractivity contribution in [1.82, 2.24) is 4.90 Å². The highest BCUT2D eigenvalue weighted by molar-refractivity contribution is 5.79. The fourth-order valence-electron chi connectivity index (χ4n) is 4.27. The van der Waals surface area contributed by atoms with E-state index in [1.54, 1.807) is 19.2 Å². The molecule has 1 heterocycles. The minimum atomic E-state index is -0.932. The number of aliphatic hydroxyl groups excluding tert-OH is 2. The zero-order valence-electron chi connectivity index (χ0n) is 16.8. The standard InChI is InChI=1S/C23H28FNO4/c1-16(17-3-9-21(29-2)10-4-17)25-12-11-23(14-22(25)28,13-20(27)15-26)18-5-7-19(24)8-6-18/h3-10,16,20,26-27H,11-15H2,1-2H3/t16-,20-,23+/m0/s1. The number of carbonyl (C=O) groups excluding carboxylic acids is 1. The number of ether oxygens (including phenoxy) is 1. The molecule has 0 aromatic heterocycles. The van der Waals surface area contributed by atoms with Gasteiger partial charge in [-0.1, -0.05) is 24.3 Å². The van der Waals surface area contributed by atoms with Crippen LogP contribution in [0.15, 0.2) is 48.5 Å². The summed E-state index contributed by atoms with van der Waals surface area (Å²) in [5.74, 6) is 0.400. The summed E-state index contributed by atoms with van der Waals surface area (Å²) in [5, 5.41) is 19.5. The van der Waals surface area contributed by atoms with Crippen LogP contribution >= 0.6 is 0 Å². The van der Waals surface area contributed by atoms with Gasteiger partial charge in [-0.15, -0.1) is 0 Å². The van der Waals surface area contributed by atoms with E-state index in [1.165, 1.54) is 12.1 Å². The van der Waals surface area contributed by atoms with Crippen LogP contribution in [-0.4, -0.2) is 47.4 Å². The van der Waals surface area contributed by atoms with Crippen LogP contribution in [0.2, 0.25) is 0 Å². The maximum atomic E-state index is 13.4. The zero-order chi connectivity index (χ0) is 21.0.